The van der Waals surface area contributed by atoms with Crippen molar-refractivity contribution in [2.45, 2.75) is 18.3 Å². The first-order valence-electron chi connectivity index (χ1n) is 8.79. The lowest BCUT2D eigenvalue weighted by Gasteiger charge is -2.36. The molecular weight excluding hydrogens is 351 g/mol. The standard InChI is InChI=1S/C20H19FN2O4/c21-14-3-1-2-13(10-14)20(6-8-26-9-7-20)19(25)22-15-4-5-16-17(11-15)27-12-18(24)23-16/h1-5,10-11H,6-9,12H2,(H,22,25)(H,23,24). The van der Waals surface area contributed by atoms with Gasteiger partial charge in [-0.1, -0.05) is 12.1 Å². The van der Waals surface area contributed by atoms with Gasteiger partial charge in [0.15, 0.2) is 6.61 Å². The van der Waals surface area contributed by atoms with Gasteiger partial charge in [-0.15, -0.1) is 0 Å². The normalized spacial score (nSPS) is 18.0. The second-order valence-corrected chi connectivity index (χ2v) is 6.71. The molecule has 2 aliphatic heterocycles. The third-order valence-electron chi connectivity index (χ3n) is 5.03. The molecule has 2 heterocycles. The van der Waals surface area contributed by atoms with Gasteiger partial charge in [-0.25, -0.2) is 4.39 Å². The van der Waals surface area contributed by atoms with Crippen molar-refractivity contribution in [1.82, 2.24) is 0 Å². The van der Waals surface area contributed by atoms with Crippen molar-refractivity contribution >= 4 is 23.2 Å². The highest BCUT2D eigenvalue weighted by molar-refractivity contribution is 6.00. The Labute approximate surface area is 155 Å². The molecule has 6 nitrogen and oxygen atoms in total. The van der Waals surface area contributed by atoms with Crippen LogP contribution in [0.5, 0.6) is 5.75 Å². The van der Waals surface area contributed by atoms with Gasteiger partial charge in [-0.2, -0.15) is 0 Å². The number of hydrogen-bond donors (Lipinski definition) is 2. The van der Waals surface area contributed by atoms with E-state index < -0.39 is 5.41 Å². The maximum absolute atomic E-state index is 13.8. The minimum Gasteiger partial charge on any atom is -0.482 e. The molecule has 0 unspecified atom stereocenters. The summed E-state index contributed by atoms with van der Waals surface area (Å²) in [6, 6.07) is 11.2. The maximum atomic E-state index is 13.8. The van der Waals surface area contributed by atoms with E-state index >= 15 is 0 Å². The van der Waals surface area contributed by atoms with E-state index in [-0.39, 0.29) is 24.2 Å². The smallest absolute Gasteiger partial charge is 0.262 e. The van der Waals surface area contributed by atoms with E-state index in [1.54, 1.807) is 30.3 Å². The van der Waals surface area contributed by atoms with E-state index in [2.05, 4.69) is 10.6 Å². The molecule has 2 amide bonds. The Morgan fingerprint density at radius 3 is 2.74 bits per heavy atom. The summed E-state index contributed by atoms with van der Waals surface area (Å²) in [6.07, 6.45) is 0.944. The Hall–Kier alpha value is -2.93. The molecule has 0 atom stereocenters. The van der Waals surface area contributed by atoms with E-state index in [1.807, 2.05) is 0 Å². The molecule has 2 aromatic rings. The molecule has 7 heteroatoms. The van der Waals surface area contributed by atoms with Gasteiger partial charge in [-0.3, -0.25) is 9.59 Å². The van der Waals surface area contributed by atoms with Crippen LogP contribution in [0.1, 0.15) is 18.4 Å². The van der Waals surface area contributed by atoms with Crippen LogP contribution in [-0.2, 0) is 19.7 Å². The topological polar surface area (TPSA) is 76.7 Å². The molecule has 1 saturated heterocycles. The largest absolute Gasteiger partial charge is 0.482 e. The number of carbonyl (C=O) groups excluding carboxylic acids is 2. The molecular formula is C20H19FN2O4. The SMILES string of the molecule is O=C1COc2cc(NC(=O)C3(c4cccc(F)c4)CCOCC3)ccc2N1. The fraction of sp³-hybridized carbons (Fsp3) is 0.300. The number of carbonyl (C=O) groups is 2. The summed E-state index contributed by atoms with van der Waals surface area (Å²) >= 11 is 0. The molecule has 140 valence electrons. The fourth-order valence-corrected chi connectivity index (χ4v) is 3.56. The van der Waals surface area contributed by atoms with Gasteiger partial charge in [0.25, 0.3) is 5.91 Å². The Bertz CT molecular complexity index is 893. The fourth-order valence-electron chi connectivity index (χ4n) is 3.56. The second-order valence-electron chi connectivity index (χ2n) is 6.71. The zero-order valence-electron chi connectivity index (χ0n) is 14.6. The van der Waals surface area contributed by atoms with E-state index in [0.717, 1.165) is 0 Å². The van der Waals surface area contributed by atoms with Crippen molar-refractivity contribution < 1.29 is 23.5 Å². The Balaban J connectivity index is 1.62. The summed E-state index contributed by atoms with van der Waals surface area (Å²) in [5, 5.41) is 5.63. The van der Waals surface area contributed by atoms with Gasteiger partial charge in [-0.05, 0) is 42.7 Å². The quantitative estimate of drug-likeness (QED) is 0.871. The van der Waals surface area contributed by atoms with Gasteiger partial charge in [0.1, 0.15) is 11.6 Å². The molecule has 0 spiro atoms. The molecule has 0 radical (unpaired) electrons. The highest BCUT2D eigenvalue weighted by Crippen LogP contribution is 2.37. The van der Waals surface area contributed by atoms with Crippen molar-refractivity contribution in [1.29, 1.82) is 0 Å². The molecule has 27 heavy (non-hydrogen) atoms. The minimum absolute atomic E-state index is 0.0605. The van der Waals surface area contributed by atoms with Gasteiger partial charge >= 0.3 is 0 Å². The molecule has 2 aliphatic rings. The molecule has 1 fully saturated rings. The second kappa shape index (κ2) is 7.00. The number of rotatable bonds is 3. The summed E-state index contributed by atoms with van der Waals surface area (Å²) in [5.74, 6) is -0.300. The Kier molecular flexibility index (Phi) is 4.53. The number of anilines is 2. The molecule has 0 aromatic heterocycles. The Morgan fingerprint density at radius 1 is 1.15 bits per heavy atom. The third-order valence-corrected chi connectivity index (χ3v) is 5.03. The first-order chi connectivity index (χ1) is 13.1. The highest BCUT2D eigenvalue weighted by atomic mass is 19.1. The lowest BCUT2D eigenvalue weighted by Crippen LogP contribution is -2.45. The number of fused-ring (bicyclic) bond motifs is 1. The van der Waals surface area contributed by atoms with Gasteiger partial charge in [0.05, 0.1) is 11.1 Å². The lowest BCUT2D eigenvalue weighted by molar-refractivity contribution is -0.125. The van der Waals surface area contributed by atoms with Crippen molar-refractivity contribution in [3.05, 3.63) is 53.8 Å². The van der Waals surface area contributed by atoms with E-state index in [9.17, 15) is 14.0 Å². The van der Waals surface area contributed by atoms with Crippen molar-refractivity contribution in [2.24, 2.45) is 0 Å². The van der Waals surface area contributed by atoms with E-state index in [4.69, 9.17) is 9.47 Å². The molecule has 2 aromatic carbocycles. The zero-order chi connectivity index (χ0) is 18.9. The summed E-state index contributed by atoms with van der Waals surface area (Å²) in [4.78, 5) is 24.6. The van der Waals surface area contributed by atoms with Crippen LogP contribution >= 0.6 is 0 Å². The summed E-state index contributed by atoms with van der Waals surface area (Å²) in [5.41, 5.74) is 0.905. The predicted molar refractivity (Wildman–Crippen MR) is 97.3 cm³/mol. The van der Waals surface area contributed by atoms with Crippen LogP contribution in [0.15, 0.2) is 42.5 Å². The average molecular weight is 370 g/mol. The summed E-state index contributed by atoms with van der Waals surface area (Å²) in [6.45, 7) is 0.807. The first-order valence-corrected chi connectivity index (χ1v) is 8.79. The maximum Gasteiger partial charge on any atom is 0.262 e. The van der Waals surface area contributed by atoms with Crippen LogP contribution in [0.25, 0.3) is 0 Å². The molecule has 0 aliphatic carbocycles. The van der Waals surface area contributed by atoms with Gasteiger partial charge in [0.2, 0.25) is 5.91 Å². The minimum atomic E-state index is -0.856. The number of nitrogens with one attached hydrogen (secondary N) is 2. The monoisotopic (exact) mass is 370 g/mol. The molecule has 2 N–H and O–H groups in total. The van der Waals surface area contributed by atoms with Crippen LogP contribution in [0.2, 0.25) is 0 Å². The third kappa shape index (κ3) is 3.38. The number of amides is 2. The van der Waals surface area contributed by atoms with Crippen LogP contribution in [0, 0.1) is 5.82 Å². The van der Waals surface area contributed by atoms with Crippen molar-refractivity contribution in [3.63, 3.8) is 0 Å². The summed E-state index contributed by atoms with van der Waals surface area (Å²) < 4.78 is 24.6. The van der Waals surface area contributed by atoms with Gasteiger partial charge in [0, 0.05) is 25.0 Å². The Morgan fingerprint density at radius 2 is 1.96 bits per heavy atom. The lowest BCUT2D eigenvalue weighted by atomic mass is 9.73. The molecule has 0 bridgehead atoms. The van der Waals surface area contributed by atoms with E-state index in [0.29, 0.717) is 48.7 Å². The predicted octanol–water partition coefficient (Wildman–Crippen LogP) is 2.84. The van der Waals surface area contributed by atoms with E-state index in [1.165, 1.54) is 12.1 Å². The highest BCUT2D eigenvalue weighted by Gasteiger charge is 2.42. The van der Waals surface area contributed by atoms with Crippen molar-refractivity contribution in [2.75, 3.05) is 30.5 Å². The zero-order valence-corrected chi connectivity index (χ0v) is 14.6. The number of ether oxygens (including phenoxy) is 2. The molecule has 0 saturated carbocycles. The van der Waals surface area contributed by atoms with Crippen LogP contribution < -0.4 is 15.4 Å². The van der Waals surface area contributed by atoms with Crippen LogP contribution in [0.4, 0.5) is 15.8 Å². The number of benzene rings is 2. The average Bonchev–Trinajstić information content (AvgIpc) is 2.68. The van der Waals surface area contributed by atoms with Crippen LogP contribution in [-0.4, -0.2) is 31.6 Å². The van der Waals surface area contributed by atoms with Gasteiger partial charge < -0.3 is 20.1 Å². The van der Waals surface area contributed by atoms with Crippen LogP contribution in [0.3, 0.4) is 0 Å². The molecule has 4 rings (SSSR count). The number of hydrogen-bond acceptors (Lipinski definition) is 4. The number of halogens is 1. The summed E-state index contributed by atoms with van der Waals surface area (Å²) in [7, 11) is 0. The van der Waals surface area contributed by atoms with Crippen molar-refractivity contribution in [3.8, 4) is 5.75 Å². The first kappa shape index (κ1) is 17.5.